The zero-order valence-electron chi connectivity index (χ0n) is 16.4. The van der Waals surface area contributed by atoms with Crippen molar-refractivity contribution in [2.45, 2.75) is 48.8 Å². The van der Waals surface area contributed by atoms with Gasteiger partial charge in [-0.3, -0.25) is 9.79 Å². The van der Waals surface area contributed by atoms with Gasteiger partial charge >= 0.3 is 6.18 Å². The van der Waals surface area contributed by atoms with E-state index < -0.39 is 40.4 Å². The average Bonchev–Trinajstić information content (AvgIpc) is 2.64. The van der Waals surface area contributed by atoms with Gasteiger partial charge in [0.1, 0.15) is 0 Å². The van der Waals surface area contributed by atoms with Gasteiger partial charge in [-0.25, -0.2) is 8.42 Å². The van der Waals surface area contributed by atoms with E-state index in [0.29, 0.717) is 11.3 Å². The van der Waals surface area contributed by atoms with Crippen LogP contribution in [0.2, 0.25) is 0 Å². The van der Waals surface area contributed by atoms with Gasteiger partial charge in [-0.05, 0) is 30.5 Å². The molecule has 6 nitrogen and oxygen atoms in total. The van der Waals surface area contributed by atoms with Crippen molar-refractivity contribution >= 4 is 21.5 Å². The summed E-state index contributed by atoms with van der Waals surface area (Å²) >= 11 is 0. The van der Waals surface area contributed by atoms with Crippen LogP contribution in [-0.4, -0.2) is 68.2 Å². The van der Waals surface area contributed by atoms with E-state index in [2.05, 4.69) is 4.99 Å². The van der Waals surface area contributed by atoms with Crippen LogP contribution in [0, 0.1) is 0 Å². The fraction of sp³-hybridized carbons (Fsp3) is 0.579. The molecule has 0 spiro atoms. The van der Waals surface area contributed by atoms with Crippen LogP contribution in [0.15, 0.2) is 34.2 Å². The quantitative estimate of drug-likeness (QED) is 0.698. The van der Waals surface area contributed by atoms with Crippen LogP contribution in [-0.2, 0) is 14.6 Å². The van der Waals surface area contributed by atoms with Crippen molar-refractivity contribution in [1.29, 1.82) is 0 Å². The van der Waals surface area contributed by atoms with Crippen LogP contribution >= 0.6 is 0 Å². The zero-order valence-corrected chi connectivity index (χ0v) is 17.2. The summed E-state index contributed by atoms with van der Waals surface area (Å²) in [5, 5.41) is 10.9. The Bertz CT molecular complexity index is 856. The van der Waals surface area contributed by atoms with Gasteiger partial charge in [-0.15, -0.1) is 0 Å². The molecule has 0 saturated carbocycles. The molecule has 1 aromatic carbocycles. The van der Waals surface area contributed by atoms with Gasteiger partial charge in [0.15, 0.2) is 9.84 Å². The van der Waals surface area contributed by atoms with E-state index in [1.807, 2.05) is 0 Å². The Morgan fingerprint density at radius 1 is 1.21 bits per heavy atom. The molecule has 1 saturated heterocycles. The molecule has 2 rings (SSSR count). The minimum atomic E-state index is -4.37. The molecule has 10 heteroatoms. The first kappa shape index (κ1) is 23.3. The number of alkyl halides is 3. The van der Waals surface area contributed by atoms with Crippen LogP contribution in [0.5, 0.6) is 0 Å². The van der Waals surface area contributed by atoms with Gasteiger partial charge in [0.2, 0.25) is 5.91 Å². The Balaban J connectivity index is 1.98. The number of piperidine rings is 1. The topological polar surface area (TPSA) is 87.0 Å². The van der Waals surface area contributed by atoms with Gasteiger partial charge in [-0.2, -0.15) is 13.2 Å². The van der Waals surface area contributed by atoms with Gasteiger partial charge in [-0.1, -0.05) is 12.1 Å². The predicted molar refractivity (Wildman–Crippen MR) is 103 cm³/mol. The third kappa shape index (κ3) is 6.81. The largest absolute Gasteiger partial charge is 0.389 e. The molecule has 0 atom stereocenters. The van der Waals surface area contributed by atoms with Crippen molar-refractivity contribution in [2.75, 3.05) is 26.4 Å². The maximum Gasteiger partial charge on any atom is 0.389 e. The highest BCUT2D eigenvalue weighted by Gasteiger charge is 2.36. The molecule has 1 amide bonds. The SMILES string of the molecule is C/N=C(\CC1(O)CCN(C(=O)CCC(F)(F)F)CC1)c1ccc(S(C)(=O)=O)cc1. The minimum absolute atomic E-state index is 0.178. The molecule has 1 heterocycles. The number of carbonyl (C=O) groups excluding carboxylic acids is 1. The highest BCUT2D eigenvalue weighted by molar-refractivity contribution is 7.90. The standard InChI is InChI=1S/C19H25F3N2O4S/c1-23-16(14-3-5-15(6-4-14)29(2,27)28)13-18(26)9-11-24(12-10-18)17(25)7-8-19(20,21)22/h3-6,26H,7-13H2,1-2H3/b23-16+. The Morgan fingerprint density at radius 2 is 1.76 bits per heavy atom. The van der Waals surface area contributed by atoms with Crippen molar-refractivity contribution in [3.8, 4) is 0 Å². The number of halogens is 3. The second-order valence-corrected chi connectivity index (χ2v) is 9.38. The van der Waals surface area contributed by atoms with Gasteiger partial charge in [0.05, 0.1) is 16.9 Å². The molecule has 29 heavy (non-hydrogen) atoms. The molecule has 1 aliphatic rings. The summed E-state index contributed by atoms with van der Waals surface area (Å²) in [6.45, 7) is 0.356. The molecule has 0 aliphatic carbocycles. The van der Waals surface area contributed by atoms with E-state index in [1.165, 1.54) is 17.0 Å². The number of amides is 1. The second-order valence-electron chi connectivity index (χ2n) is 7.36. The van der Waals surface area contributed by atoms with E-state index in [9.17, 15) is 31.5 Å². The molecule has 0 radical (unpaired) electrons. The minimum Gasteiger partial charge on any atom is -0.389 e. The lowest BCUT2D eigenvalue weighted by Crippen LogP contribution is -2.47. The normalized spacial score (nSPS) is 18.0. The van der Waals surface area contributed by atoms with Crippen molar-refractivity contribution in [2.24, 2.45) is 4.99 Å². The van der Waals surface area contributed by atoms with E-state index >= 15 is 0 Å². The lowest BCUT2D eigenvalue weighted by molar-refractivity contribution is -0.151. The molecule has 0 aromatic heterocycles. The smallest absolute Gasteiger partial charge is 0.389 e. The molecule has 1 aliphatic heterocycles. The summed E-state index contributed by atoms with van der Waals surface area (Å²) < 4.78 is 60.0. The van der Waals surface area contributed by atoms with Crippen LogP contribution in [0.25, 0.3) is 0 Å². The fourth-order valence-corrected chi connectivity index (χ4v) is 3.90. The van der Waals surface area contributed by atoms with Crippen LogP contribution in [0.4, 0.5) is 13.2 Å². The number of rotatable bonds is 6. The molecule has 1 fully saturated rings. The predicted octanol–water partition coefficient (Wildman–Crippen LogP) is 2.60. The van der Waals surface area contributed by atoms with Crippen LogP contribution < -0.4 is 0 Å². The lowest BCUT2D eigenvalue weighted by Gasteiger charge is -2.38. The highest BCUT2D eigenvalue weighted by atomic mass is 32.2. The summed E-state index contributed by atoms with van der Waals surface area (Å²) in [5.74, 6) is -0.565. The second kappa shape index (κ2) is 8.83. The first-order chi connectivity index (χ1) is 13.3. The first-order valence-corrected chi connectivity index (χ1v) is 11.1. The monoisotopic (exact) mass is 434 g/mol. The summed E-state index contributed by atoms with van der Waals surface area (Å²) in [5.41, 5.74) is 0.131. The van der Waals surface area contributed by atoms with Crippen molar-refractivity contribution in [3.05, 3.63) is 29.8 Å². The summed E-state index contributed by atoms with van der Waals surface area (Å²) in [6.07, 6.45) is -4.34. The average molecular weight is 434 g/mol. The fourth-order valence-electron chi connectivity index (χ4n) is 3.27. The van der Waals surface area contributed by atoms with Crippen molar-refractivity contribution in [1.82, 2.24) is 4.90 Å². The number of nitrogens with zero attached hydrogens (tertiary/aromatic N) is 2. The van der Waals surface area contributed by atoms with Gasteiger partial charge in [0.25, 0.3) is 0 Å². The van der Waals surface area contributed by atoms with Crippen LogP contribution in [0.1, 0.15) is 37.7 Å². The highest BCUT2D eigenvalue weighted by Crippen LogP contribution is 2.29. The Labute approximate surface area is 168 Å². The van der Waals surface area contributed by atoms with Gasteiger partial charge < -0.3 is 10.0 Å². The molecule has 0 bridgehead atoms. The molecule has 1 N–H and O–H groups in total. The molecule has 162 valence electrons. The Morgan fingerprint density at radius 3 is 2.21 bits per heavy atom. The lowest BCUT2D eigenvalue weighted by atomic mass is 9.84. The molecule has 1 aromatic rings. The zero-order chi connectivity index (χ0) is 21.9. The van der Waals surface area contributed by atoms with E-state index in [-0.39, 0.29) is 37.2 Å². The number of hydrogen-bond acceptors (Lipinski definition) is 5. The van der Waals surface area contributed by atoms with Crippen molar-refractivity contribution < 1.29 is 31.5 Å². The summed E-state index contributed by atoms with van der Waals surface area (Å²) in [6, 6.07) is 6.19. The number of aliphatic hydroxyl groups is 1. The van der Waals surface area contributed by atoms with Gasteiger partial charge in [0, 0.05) is 44.9 Å². The Hall–Kier alpha value is -1.94. The number of likely N-dealkylation sites (tertiary alicyclic amines) is 1. The molecule has 0 unspecified atom stereocenters. The molecular formula is C19H25F3N2O4S. The number of sulfone groups is 1. The third-order valence-corrected chi connectivity index (χ3v) is 6.18. The molecular weight excluding hydrogens is 409 g/mol. The van der Waals surface area contributed by atoms with E-state index in [0.717, 1.165) is 6.26 Å². The first-order valence-electron chi connectivity index (χ1n) is 9.16. The number of hydrogen-bond donors (Lipinski definition) is 1. The third-order valence-electron chi connectivity index (χ3n) is 5.05. The maximum absolute atomic E-state index is 12.3. The van der Waals surface area contributed by atoms with E-state index in [1.54, 1.807) is 19.2 Å². The summed E-state index contributed by atoms with van der Waals surface area (Å²) in [7, 11) is -1.75. The number of benzene rings is 1. The number of aliphatic imine (C=N–C) groups is 1. The number of carbonyl (C=O) groups is 1. The summed E-state index contributed by atoms with van der Waals surface area (Å²) in [4.78, 5) is 17.7. The van der Waals surface area contributed by atoms with Crippen molar-refractivity contribution in [3.63, 3.8) is 0 Å². The van der Waals surface area contributed by atoms with Crippen LogP contribution in [0.3, 0.4) is 0 Å². The van der Waals surface area contributed by atoms with E-state index in [4.69, 9.17) is 0 Å². The Kier molecular flexibility index (Phi) is 7.10. The maximum atomic E-state index is 12.3.